The third-order valence-corrected chi connectivity index (χ3v) is 31.3. The topological polar surface area (TPSA) is 0 Å². The van der Waals surface area contributed by atoms with Crippen molar-refractivity contribution in [2.24, 2.45) is 0 Å². The molecule has 0 heteroatoms. The van der Waals surface area contributed by atoms with Crippen LogP contribution < -0.4 is 0 Å². The quantitative estimate of drug-likeness (QED) is 0.122. The fourth-order valence-corrected chi connectivity index (χ4v) is 25.6. The minimum absolute atomic E-state index is 0.279. The van der Waals surface area contributed by atoms with Crippen molar-refractivity contribution in [2.45, 2.75) is 77.0 Å². The second kappa shape index (κ2) is 21.5. The van der Waals surface area contributed by atoms with Crippen molar-refractivity contribution in [2.75, 3.05) is 0 Å². The van der Waals surface area contributed by atoms with Crippen LogP contribution >= 0.6 is 0 Å². The van der Waals surface area contributed by atoms with Crippen molar-refractivity contribution < 1.29 is 0 Å². The summed E-state index contributed by atoms with van der Waals surface area (Å²) in [7, 11) is 0. The Morgan fingerprint density at radius 2 is 0.325 bits per heavy atom. The first-order valence-electron chi connectivity index (χ1n) is 43.2. The summed E-state index contributed by atoms with van der Waals surface area (Å²) in [6, 6.07) is 125. The SMILES string of the molecule is CC1(C)c2cc(-c3ccc4c5ccc(-c6ccc7c(c6)C(C)(C)c6cc8ccc9cccc%10ccc(c6-7)c8c9%10)c6c(-c7ccc8c(c7)C(C)(C)c7cc9ccc%10cccc%11ccc(c7-8)c9c%10%11)ccc(c7ccc(-c8ccc9c(c8)C(C)(C)c8cc%10ccc%11cccc%12ccc(c8-9)c%10c%11%12)c3c47)c65)ccc2-c2c1cc1ccc3cccc4ccc2c1c34. The third kappa shape index (κ3) is 7.71. The first kappa shape index (κ1) is 65.0. The first-order chi connectivity index (χ1) is 58.5. The Morgan fingerprint density at radius 3 is 0.550 bits per heavy atom. The number of hydrogen-bond donors (Lipinski definition) is 0. The van der Waals surface area contributed by atoms with Crippen LogP contribution in [-0.4, -0.2) is 0 Å². The normalized spacial score (nSPS) is 15.3. The molecule has 0 aromatic heterocycles. The Labute approximate surface area is 693 Å². The van der Waals surface area contributed by atoms with Gasteiger partial charge < -0.3 is 0 Å². The predicted molar refractivity (Wildman–Crippen MR) is 514 cm³/mol. The van der Waals surface area contributed by atoms with Gasteiger partial charge in [-0.15, -0.1) is 0 Å². The molecule has 0 saturated carbocycles. The maximum atomic E-state index is 2.60. The van der Waals surface area contributed by atoms with Gasteiger partial charge in [-0.1, -0.05) is 322 Å². The van der Waals surface area contributed by atoms with Crippen LogP contribution in [0.15, 0.2) is 315 Å². The lowest BCUT2D eigenvalue weighted by atomic mass is 9.78. The van der Waals surface area contributed by atoms with E-state index >= 15 is 0 Å². The molecule has 0 spiro atoms. The summed E-state index contributed by atoms with van der Waals surface area (Å²) in [5, 5.41) is 42.3. The van der Waals surface area contributed by atoms with Gasteiger partial charge in [-0.05, 0) is 354 Å². The minimum atomic E-state index is -0.279. The summed E-state index contributed by atoms with van der Waals surface area (Å²) in [6.07, 6.45) is 0. The lowest BCUT2D eigenvalue weighted by molar-refractivity contribution is 0.661. The van der Waals surface area contributed by atoms with E-state index in [-0.39, 0.29) is 21.7 Å². The number of rotatable bonds is 4. The van der Waals surface area contributed by atoms with Gasteiger partial charge >= 0.3 is 0 Å². The van der Waals surface area contributed by atoms with Gasteiger partial charge in [0.2, 0.25) is 0 Å². The molecule has 4 aliphatic rings. The van der Waals surface area contributed by atoms with E-state index in [1.807, 2.05) is 0 Å². The lowest BCUT2D eigenvalue weighted by Gasteiger charge is -2.25. The fourth-order valence-electron chi connectivity index (χ4n) is 25.6. The van der Waals surface area contributed by atoms with Gasteiger partial charge in [0.25, 0.3) is 0 Å². The van der Waals surface area contributed by atoms with Gasteiger partial charge in [0, 0.05) is 21.7 Å². The molecule has 0 nitrogen and oxygen atoms in total. The van der Waals surface area contributed by atoms with Gasteiger partial charge in [-0.2, -0.15) is 0 Å². The zero-order chi connectivity index (χ0) is 79.1. The summed E-state index contributed by atoms with van der Waals surface area (Å²) in [6.45, 7) is 19.8. The molecule has 0 heterocycles. The van der Waals surface area contributed by atoms with Crippen molar-refractivity contribution in [3.8, 4) is 89.0 Å². The number of hydrogen-bond acceptors (Lipinski definition) is 0. The van der Waals surface area contributed by atoms with Gasteiger partial charge in [0.05, 0.1) is 0 Å². The lowest BCUT2D eigenvalue weighted by Crippen LogP contribution is -2.15. The number of fused-ring (bicyclic) bond motifs is 18. The van der Waals surface area contributed by atoms with Crippen LogP contribution in [0.2, 0.25) is 0 Å². The highest BCUT2D eigenvalue weighted by Crippen LogP contribution is 2.62. The largest absolute Gasteiger partial charge is 0.0610 e. The van der Waals surface area contributed by atoms with Crippen molar-refractivity contribution >= 4 is 172 Å². The van der Waals surface area contributed by atoms with E-state index in [2.05, 4.69) is 371 Å². The van der Waals surface area contributed by atoms with E-state index < -0.39 is 0 Å². The van der Waals surface area contributed by atoms with Gasteiger partial charge in [0.1, 0.15) is 0 Å². The summed E-state index contributed by atoms with van der Waals surface area (Å²) < 4.78 is 0. The Hall–Kier alpha value is -14.0. The highest BCUT2D eigenvalue weighted by molar-refractivity contribution is 6.39. The molecule has 0 N–H and O–H groups in total. The Kier molecular flexibility index (Phi) is 11.6. The Morgan fingerprint density at radius 1 is 0.133 bits per heavy atom. The summed E-state index contributed by atoms with van der Waals surface area (Å²) in [4.78, 5) is 0. The maximum absolute atomic E-state index is 2.60. The molecule has 0 aliphatic heterocycles. The van der Waals surface area contributed by atoms with Crippen molar-refractivity contribution in [3.63, 3.8) is 0 Å². The highest BCUT2D eigenvalue weighted by atomic mass is 14.5. The molecule has 0 saturated heterocycles. The number of benzene rings is 25. The summed E-state index contributed by atoms with van der Waals surface area (Å²) >= 11 is 0. The van der Waals surface area contributed by atoms with E-state index in [0.29, 0.717) is 0 Å². The standard InChI is InChI=1S/C120H76/c1-117(2)93-53-69(33-37-85(93)109-89-41-29-65-17-9-13-61-21-25-73(57-97(109)117)105(89)101(61)65)77-45-49-81-83-51-47-79(71-35-39-87-95(55-71)119(5,6)99-59-75-27-23-63-15-11-19-67-31-43-91(111(87)99)107(75)103(63)67)114-80(72-36-40-88-96(56-72)120(7,8)100-60-76-28-24-64-16-12-20-68-32-44-92(112(88)100)108(76)104(64)68)48-52-84(116(83)114)82-50-46-78(113(77)115(81)82)70-34-38-86-94(54-70)118(3,4)98-58-74-26-22-62-14-10-18-66-30-42-90(110(86)98)106(74)102(62)66/h9-60H,1-8H3. The van der Waals surface area contributed by atoms with Gasteiger partial charge in [-0.3, -0.25) is 0 Å². The molecule has 0 unspecified atom stereocenters. The zero-order valence-corrected chi connectivity index (χ0v) is 68.0. The molecule has 0 atom stereocenters. The van der Waals surface area contributed by atoms with Crippen LogP contribution in [0.5, 0.6) is 0 Å². The van der Waals surface area contributed by atoms with E-state index in [0.717, 1.165) is 0 Å². The maximum Gasteiger partial charge on any atom is 0.0159 e. The molecule has 4 aliphatic carbocycles. The highest BCUT2D eigenvalue weighted by Gasteiger charge is 2.43. The van der Waals surface area contributed by atoms with Crippen molar-refractivity contribution in [3.05, 3.63) is 360 Å². The van der Waals surface area contributed by atoms with E-state index in [1.54, 1.807) is 0 Å². The van der Waals surface area contributed by atoms with Gasteiger partial charge in [-0.25, -0.2) is 0 Å². The zero-order valence-electron chi connectivity index (χ0n) is 68.0. The third-order valence-electron chi connectivity index (χ3n) is 31.3. The van der Waals surface area contributed by atoms with Crippen LogP contribution in [0.3, 0.4) is 0 Å². The van der Waals surface area contributed by atoms with E-state index in [9.17, 15) is 0 Å². The second-order valence-corrected chi connectivity index (χ2v) is 38.3. The fraction of sp³-hybridized carbons (Fsp3) is 0.100. The van der Waals surface area contributed by atoms with Crippen molar-refractivity contribution in [1.82, 2.24) is 0 Å². The van der Waals surface area contributed by atoms with Crippen molar-refractivity contribution in [1.29, 1.82) is 0 Å². The first-order valence-corrected chi connectivity index (χ1v) is 43.2. The molecule has 25 aromatic carbocycles. The second-order valence-electron chi connectivity index (χ2n) is 38.3. The molecule has 0 amide bonds. The molecular formula is C120H76. The monoisotopic (exact) mass is 1520 g/mol. The molecule has 120 heavy (non-hydrogen) atoms. The predicted octanol–water partition coefficient (Wildman–Crippen LogP) is 33.2. The summed E-state index contributed by atoms with van der Waals surface area (Å²) in [5.74, 6) is 0. The van der Waals surface area contributed by atoms with Crippen LogP contribution in [0.4, 0.5) is 0 Å². The molecule has 0 radical (unpaired) electrons. The smallest absolute Gasteiger partial charge is 0.0159 e. The molecule has 25 aromatic rings. The van der Waals surface area contributed by atoms with Crippen LogP contribution in [0.25, 0.3) is 261 Å². The van der Waals surface area contributed by atoms with E-state index in [1.165, 1.54) is 306 Å². The minimum Gasteiger partial charge on any atom is -0.0610 e. The Bertz CT molecular complexity index is 8030. The van der Waals surface area contributed by atoms with Gasteiger partial charge in [0.15, 0.2) is 0 Å². The van der Waals surface area contributed by atoms with Crippen LogP contribution in [-0.2, 0) is 21.7 Å². The molecule has 0 bridgehead atoms. The average Bonchev–Trinajstić information content (AvgIpc) is 1.31. The van der Waals surface area contributed by atoms with E-state index in [4.69, 9.17) is 0 Å². The van der Waals surface area contributed by atoms with Crippen LogP contribution in [0, 0.1) is 0 Å². The molecule has 0 fully saturated rings. The Balaban J connectivity index is 0.683. The summed E-state index contributed by atoms with van der Waals surface area (Å²) in [5.41, 5.74) is 30.8. The van der Waals surface area contributed by atoms with Crippen LogP contribution in [0.1, 0.15) is 99.9 Å². The molecule has 29 rings (SSSR count). The molecule has 556 valence electrons. The molecular weight excluding hydrogens is 1440 g/mol. The average molecular weight is 1520 g/mol.